The fourth-order valence-corrected chi connectivity index (χ4v) is 1.54. The van der Waals surface area contributed by atoms with Gasteiger partial charge in [0.15, 0.2) is 0 Å². The molecule has 2 amide bonds. The van der Waals surface area contributed by atoms with Crippen LogP contribution in [0.1, 0.15) is 23.7 Å². The Balaban J connectivity index is 2.49. The van der Waals surface area contributed by atoms with E-state index in [0.717, 1.165) is 13.0 Å². The van der Waals surface area contributed by atoms with Crippen LogP contribution in [0.2, 0.25) is 0 Å². The molecule has 110 valence electrons. The molecule has 3 N–H and O–H groups in total. The molecule has 0 saturated heterocycles. The molecule has 1 atom stereocenters. The summed E-state index contributed by atoms with van der Waals surface area (Å²) in [7, 11) is 3.94. The average Bonchev–Trinajstić information content (AvgIpc) is 2.36. The van der Waals surface area contributed by atoms with Crippen LogP contribution in [0.4, 0.5) is 10.5 Å². The molecule has 1 unspecified atom stereocenters. The van der Waals surface area contributed by atoms with Gasteiger partial charge in [0.05, 0.1) is 17.4 Å². The van der Waals surface area contributed by atoms with Crippen LogP contribution in [0.25, 0.3) is 0 Å². The summed E-state index contributed by atoms with van der Waals surface area (Å²) in [6.45, 7) is 2.78. The Labute approximate surface area is 118 Å². The second-order valence-corrected chi connectivity index (χ2v) is 4.86. The minimum Gasteiger partial charge on any atom is -0.478 e. The highest BCUT2D eigenvalue weighted by Crippen LogP contribution is 2.08. The predicted molar refractivity (Wildman–Crippen MR) is 76.0 cm³/mol. The number of rotatable bonds is 6. The van der Waals surface area contributed by atoms with Crippen molar-refractivity contribution in [2.75, 3.05) is 26.0 Å². The second-order valence-electron chi connectivity index (χ2n) is 4.86. The van der Waals surface area contributed by atoms with E-state index in [4.69, 9.17) is 5.11 Å². The summed E-state index contributed by atoms with van der Waals surface area (Å²) >= 11 is 0. The number of urea groups is 1. The minimum atomic E-state index is -1.08. The first-order valence-corrected chi connectivity index (χ1v) is 6.29. The molecule has 1 rings (SSSR count). The van der Waals surface area contributed by atoms with Gasteiger partial charge in [0.1, 0.15) is 0 Å². The van der Waals surface area contributed by atoms with Gasteiger partial charge in [0.25, 0.3) is 0 Å². The van der Waals surface area contributed by atoms with E-state index >= 15 is 0 Å². The monoisotopic (exact) mass is 280 g/mol. The summed E-state index contributed by atoms with van der Waals surface area (Å²) in [6.07, 6.45) is 3.45. The number of carboxylic acids is 1. The van der Waals surface area contributed by atoms with Crippen molar-refractivity contribution in [3.05, 3.63) is 24.0 Å². The van der Waals surface area contributed by atoms with Crippen molar-refractivity contribution in [1.29, 1.82) is 0 Å². The number of nitrogens with zero attached hydrogens (tertiary/aromatic N) is 2. The zero-order valence-corrected chi connectivity index (χ0v) is 11.9. The molecule has 1 heterocycles. The molecule has 0 aliphatic heterocycles. The maximum atomic E-state index is 11.7. The van der Waals surface area contributed by atoms with Gasteiger partial charge in [-0.3, -0.25) is 4.98 Å². The van der Waals surface area contributed by atoms with E-state index in [1.807, 2.05) is 25.9 Å². The van der Waals surface area contributed by atoms with Crippen LogP contribution in [-0.4, -0.2) is 53.7 Å². The summed E-state index contributed by atoms with van der Waals surface area (Å²) in [5.41, 5.74) is 0.380. The zero-order chi connectivity index (χ0) is 15.1. The van der Waals surface area contributed by atoms with Gasteiger partial charge in [-0.25, -0.2) is 9.59 Å². The number of aromatic nitrogens is 1. The molecule has 0 aliphatic carbocycles. The van der Waals surface area contributed by atoms with Gasteiger partial charge in [0, 0.05) is 12.2 Å². The molecule has 0 aromatic carbocycles. The van der Waals surface area contributed by atoms with Gasteiger partial charge in [0.2, 0.25) is 0 Å². The molecule has 1 aromatic heterocycles. The number of hydrogen-bond acceptors (Lipinski definition) is 4. The first-order valence-electron chi connectivity index (χ1n) is 6.29. The average molecular weight is 280 g/mol. The number of carboxylic acid groups (broad SMARTS) is 1. The summed E-state index contributed by atoms with van der Waals surface area (Å²) < 4.78 is 0. The van der Waals surface area contributed by atoms with E-state index in [9.17, 15) is 9.59 Å². The number of carbonyl (C=O) groups excluding carboxylic acids is 1. The zero-order valence-electron chi connectivity index (χ0n) is 11.9. The van der Waals surface area contributed by atoms with E-state index < -0.39 is 5.97 Å². The smallest absolute Gasteiger partial charge is 0.337 e. The lowest BCUT2D eigenvalue weighted by Gasteiger charge is -2.17. The highest BCUT2D eigenvalue weighted by Gasteiger charge is 2.09. The summed E-state index contributed by atoms with van der Waals surface area (Å²) in [4.78, 5) is 28.3. The van der Waals surface area contributed by atoms with Crippen LogP contribution in [-0.2, 0) is 0 Å². The lowest BCUT2D eigenvalue weighted by molar-refractivity contribution is 0.0696. The standard InChI is InChI=1S/C13H20N4O3/c1-9(4-5-17(2)3)15-13(20)16-11-6-10(12(18)19)7-14-8-11/h6-9H,4-5H2,1-3H3,(H,18,19)(H2,15,16,20). The van der Waals surface area contributed by atoms with Gasteiger partial charge >= 0.3 is 12.0 Å². The first-order chi connectivity index (χ1) is 9.38. The molecule has 7 nitrogen and oxygen atoms in total. The number of amides is 2. The quantitative estimate of drug-likeness (QED) is 0.729. The molecule has 0 aliphatic rings. The molecular weight excluding hydrogens is 260 g/mol. The van der Waals surface area contributed by atoms with Crippen LogP contribution < -0.4 is 10.6 Å². The lowest BCUT2D eigenvalue weighted by Crippen LogP contribution is -2.37. The number of anilines is 1. The number of aromatic carboxylic acids is 1. The minimum absolute atomic E-state index is 0.0213. The van der Waals surface area contributed by atoms with Gasteiger partial charge < -0.3 is 20.6 Å². The van der Waals surface area contributed by atoms with Crippen molar-refractivity contribution in [2.24, 2.45) is 0 Å². The van der Waals surface area contributed by atoms with Crippen molar-refractivity contribution >= 4 is 17.7 Å². The van der Waals surface area contributed by atoms with E-state index in [1.165, 1.54) is 18.5 Å². The molecule has 1 aromatic rings. The Morgan fingerprint density at radius 2 is 2.10 bits per heavy atom. The van der Waals surface area contributed by atoms with Gasteiger partial charge in [-0.2, -0.15) is 0 Å². The van der Waals surface area contributed by atoms with Crippen molar-refractivity contribution in [1.82, 2.24) is 15.2 Å². The molecular formula is C13H20N4O3. The third-order valence-electron chi connectivity index (χ3n) is 2.63. The first kappa shape index (κ1) is 15.9. The third-order valence-corrected chi connectivity index (χ3v) is 2.63. The van der Waals surface area contributed by atoms with E-state index in [0.29, 0.717) is 5.69 Å². The molecule has 7 heteroatoms. The predicted octanol–water partition coefficient (Wildman–Crippen LogP) is 1.24. The Morgan fingerprint density at radius 1 is 1.40 bits per heavy atom. The highest BCUT2D eigenvalue weighted by molar-refractivity contribution is 5.92. The Kier molecular flexibility index (Phi) is 5.92. The van der Waals surface area contributed by atoms with Crippen molar-refractivity contribution in [3.8, 4) is 0 Å². The van der Waals surface area contributed by atoms with E-state index in [-0.39, 0.29) is 17.6 Å². The maximum Gasteiger partial charge on any atom is 0.337 e. The van der Waals surface area contributed by atoms with E-state index in [2.05, 4.69) is 15.6 Å². The molecule has 0 spiro atoms. The molecule has 0 bridgehead atoms. The number of nitrogens with one attached hydrogen (secondary N) is 2. The Bertz CT molecular complexity index is 476. The van der Waals surface area contributed by atoms with Crippen molar-refractivity contribution < 1.29 is 14.7 Å². The van der Waals surface area contributed by atoms with Crippen molar-refractivity contribution in [2.45, 2.75) is 19.4 Å². The molecule has 0 fully saturated rings. The second kappa shape index (κ2) is 7.44. The Morgan fingerprint density at radius 3 is 2.70 bits per heavy atom. The van der Waals surface area contributed by atoms with E-state index in [1.54, 1.807) is 0 Å². The lowest BCUT2D eigenvalue weighted by atomic mass is 10.2. The van der Waals surface area contributed by atoms with Crippen LogP contribution in [0.15, 0.2) is 18.5 Å². The number of pyridine rings is 1. The van der Waals surface area contributed by atoms with Crippen LogP contribution in [0, 0.1) is 0 Å². The van der Waals surface area contributed by atoms with Crippen LogP contribution in [0.5, 0.6) is 0 Å². The van der Waals surface area contributed by atoms with Crippen LogP contribution in [0.3, 0.4) is 0 Å². The molecule has 0 saturated carbocycles. The largest absolute Gasteiger partial charge is 0.478 e. The molecule has 20 heavy (non-hydrogen) atoms. The van der Waals surface area contributed by atoms with Crippen LogP contribution >= 0.6 is 0 Å². The van der Waals surface area contributed by atoms with Gasteiger partial charge in [-0.1, -0.05) is 0 Å². The highest BCUT2D eigenvalue weighted by atomic mass is 16.4. The number of hydrogen-bond donors (Lipinski definition) is 3. The van der Waals surface area contributed by atoms with Gasteiger partial charge in [-0.05, 0) is 40.1 Å². The normalized spacial score (nSPS) is 12.0. The summed E-state index contributed by atoms with van der Waals surface area (Å²) in [5, 5.41) is 14.2. The fraction of sp³-hybridized carbons (Fsp3) is 0.462. The van der Waals surface area contributed by atoms with Gasteiger partial charge in [-0.15, -0.1) is 0 Å². The third kappa shape index (κ3) is 5.66. The topological polar surface area (TPSA) is 94.6 Å². The maximum absolute atomic E-state index is 11.7. The van der Waals surface area contributed by atoms with Crippen molar-refractivity contribution in [3.63, 3.8) is 0 Å². The Hall–Kier alpha value is -2.15. The summed E-state index contributed by atoms with van der Waals surface area (Å²) in [6, 6.07) is 1.01. The summed E-state index contributed by atoms with van der Waals surface area (Å²) in [5.74, 6) is -1.08. The SMILES string of the molecule is CC(CCN(C)C)NC(=O)Nc1cncc(C(=O)O)c1. The molecule has 0 radical (unpaired) electrons. The fourth-order valence-electron chi connectivity index (χ4n) is 1.54. The number of carbonyl (C=O) groups is 2.